The second kappa shape index (κ2) is 5.95. The standard InChI is InChI=1S/C15H14F3NO2/c1-10(19-12-3-2-4-13(20)9-12)11-5-7-14(8-6-11)21-15(16,17)18/h2-10,19-20H,1H3. The van der Waals surface area contributed by atoms with E-state index < -0.39 is 6.36 Å². The minimum atomic E-state index is -4.69. The van der Waals surface area contributed by atoms with Crippen LogP contribution in [0.2, 0.25) is 0 Å². The van der Waals surface area contributed by atoms with Gasteiger partial charge in [0, 0.05) is 17.8 Å². The molecule has 0 aromatic heterocycles. The van der Waals surface area contributed by atoms with Crippen LogP contribution < -0.4 is 10.1 Å². The van der Waals surface area contributed by atoms with Crippen LogP contribution in [-0.4, -0.2) is 11.5 Å². The van der Waals surface area contributed by atoms with Crippen molar-refractivity contribution in [3.63, 3.8) is 0 Å². The molecule has 1 atom stereocenters. The number of hydrogen-bond acceptors (Lipinski definition) is 3. The van der Waals surface area contributed by atoms with Crippen molar-refractivity contribution >= 4 is 5.69 Å². The largest absolute Gasteiger partial charge is 0.573 e. The Morgan fingerprint density at radius 1 is 1.10 bits per heavy atom. The van der Waals surface area contributed by atoms with E-state index >= 15 is 0 Å². The Morgan fingerprint density at radius 3 is 2.33 bits per heavy atom. The number of halogens is 3. The van der Waals surface area contributed by atoms with Crippen molar-refractivity contribution in [1.82, 2.24) is 0 Å². The highest BCUT2D eigenvalue weighted by Crippen LogP contribution is 2.26. The van der Waals surface area contributed by atoms with Crippen LogP contribution in [-0.2, 0) is 0 Å². The van der Waals surface area contributed by atoms with Crippen molar-refractivity contribution in [2.45, 2.75) is 19.3 Å². The van der Waals surface area contributed by atoms with Gasteiger partial charge in [-0.25, -0.2) is 0 Å². The molecular weight excluding hydrogens is 283 g/mol. The SMILES string of the molecule is CC(Nc1cccc(O)c1)c1ccc(OC(F)(F)F)cc1. The summed E-state index contributed by atoms with van der Waals surface area (Å²) in [6, 6.07) is 12.1. The van der Waals surface area contributed by atoms with Gasteiger partial charge in [-0.1, -0.05) is 18.2 Å². The number of ether oxygens (including phenoxy) is 1. The van der Waals surface area contributed by atoms with Crippen LogP contribution >= 0.6 is 0 Å². The molecule has 21 heavy (non-hydrogen) atoms. The van der Waals surface area contributed by atoms with Crippen LogP contribution in [0.25, 0.3) is 0 Å². The van der Waals surface area contributed by atoms with Gasteiger partial charge in [0.2, 0.25) is 0 Å². The molecule has 6 heteroatoms. The molecule has 0 amide bonds. The number of phenols is 1. The zero-order chi connectivity index (χ0) is 15.5. The van der Waals surface area contributed by atoms with Crippen LogP contribution in [0.5, 0.6) is 11.5 Å². The summed E-state index contributed by atoms with van der Waals surface area (Å²) in [4.78, 5) is 0. The Morgan fingerprint density at radius 2 is 1.76 bits per heavy atom. The van der Waals surface area contributed by atoms with Crippen molar-refractivity contribution in [3.05, 3.63) is 54.1 Å². The molecule has 2 N–H and O–H groups in total. The predicted molar refractivity (Wildman–Crippen MR) is 73.3 cm³/mol. The van der Waals surface area contributed by atoms with E-state index in [0.29, 0.717) is 0 Å². The third-order valence-electron chi connectivity index (χ3n) is 2.84. The number of anilines is 1. The molecule has 0 aliphatic heterocycles. The molecule has 2 aromatic carbocycles. The maximum Gasteiger partial charge on any atom is 0.573 e. The molecule has 0 saturated carbocycles. The molecule has 2 rings (SSSR count). The summed E-state index contributed by atoms with van der Waals surface area (Å²) in [6.45, 7) is 1.86. The number of nitrogens with one attached hydrogen (secondary N) is 1. The summed E-state index contributed by atoms with van der Waals surface area (Å²) >= 11 is 0. The second-order valence-electron chi connectivity index (χ2n) is 4.53. The fourth-order valence-corrected chi connectivity index (χ4v) is 1.89. The lowest BCUT2D eigenvalue weighted by Gasteiger charge is -2.16. The average Bonchev–Trinajstić information content (AvgIpc) is 2.37. The van der Waals surface area contributed by atoms with E-state index in [1.165, 1.54) is 12.1 Å². The van der Waals surface area contributed by atoms with Crippen LogP contribution in [0.4, 0.5) is 18.9 Å². The number of benzene rings is 2. The summed E-state index contributed by atoms with van der Waals surface area (Å²) in [6.07, 6.45) is -4.69. The first-order valence-electron chi connectivity index (χ1n) is 6.25. The highest BCUT2D eigenvalue weighted by Gasteiger charge is 2.30. The van der Waals surface area contributed by atoms with Crippen molar-refractivity contribution < 1.29 is 23.0 Å². The average molecular weight is 297 g/mol. The summed E-state index contributed by atoms with van der Waals surface area (Å²) in [5, 5.41) is 12.5. The van der Waals surface area contributed by atoms with E-state index in [0.717, 1.165) is 11.3 Å². The Kier molecular flexibility index (Phi) is 4.26. The fourth-order valence-electron chi connectivity index (χ4n) is 1.89. The van der Waals surface area contributed by atoms with Gasteiger partial charge in [0.25, 0.3) is 0 Å². The Hall–Kier alpha value is -2.37. The van der Waals surface area contributed by atoms with Crippen LogP contribution in [0, 0.1) is 0 Å². The topological polar surface area (TPSA) is 41.5 Å². The zero-order valence-corrected chi connectivity index (χ0v) is 11.2. The monoisotopic (exact) mass is 297 g/mol. The summed E-state index contributed by atoms with van der Waals surface area (Å²) in [7, 11) is 0. The number of aromatic hydroxyl groups is 1. The van der Waals surface area contributed by atoms with Gasteiger partial charge in [-0.3, -0.25) is 0 Å². The Balaban J connectivity index is 2.04. The molecule has 0 aliphatic rings. The van der Waals surface area contributed by atoms with Crippen molar-refractivity contribution in [2.24, 2.45) is 0 Å². The Labute approximate surface area is 120 Å². The quantitative estimate of drug-likeness (QED) is 0.875. The number of phenolic OH excluding ortho intramolecular Hbond substituents is 1. The van der Waals surface area contributed by atoms with Gasteiger partial charge in [0.15, 0.2) is 0 Å². The van der Waals surface area contributed by atoms with Gasteiger partial charge in [-0.2, -0.15) is 0 Å². The molecule has 112 valence electrons. The molecule has 0 radical (unpaired) electrons. The normalized spacial score (nSPS) is 12.8. The third-order valence-corrected chi connectivity index (χ3v) is 2.84. The first kappa shape index (κ1) is 15.0. The van der Waals surface area contributed by atoms with Crippen LogP contribution in [0.15, 0.2) is 48.5 Å². The minimum Gasteiger partial charge on any atom is -0.508 e. The minimum absolute atomic E-state index is 0.133. The highest BCUT2D eigenvalue weighted by atomic mass is 19.4. The molecular formula is C15H14F3NO2. The molecule has 1 unspecified atom stereocenters. The maximum atomic E-state index is 12.1. The van der Waals surface area contributed by atoms with E-state index in [1.807, 2.05) is 6.92 Å². The lowest BCUT2D eigenvalue weighted by atomic mass is 10.1. The first-order chi connectivity index (χ1) is 9.83. The van der Waals surface area contributed by atoms with Gasteiger partial charge >= 0.3 is 6.36 Å². The summed E-state index contributed by atoms with van der Waals surface area (Å²) < 4.78 is 40.0. The molecule has 0 bridgehead atoms. The van der Waals surface area contributed by atoms with Gasteiger partial charge in [-0.05, 0) is 36.8 Å². The van der Waals surface area contributed by atoms with E-state index in [2.05, 4.69) is 10.1 Å². The van der Waals surface area contributed by atoms with Crippen LogP contribution in [0.3, 0.4) is 0 Å². The van der Waals surface area contributed by atoms with Crippen molar-refractivity contribution in [2.75, 3.05) is 5.32 Å². The van der Waals surface area contributed by atoms with E-state index in [9.17, 15) is 18.3 Å². The lowest BCUT2D eigenvalue weighted by molar-refractivity contribution is -0.274. The van der Waals surface area contributed by atoms with Gasteiger partial charge < -0.3 is 15.2 Å². The van der Waals surface area contributed by atoms with Crippen LogP contribution in [0.1, 0.15) is 18.5 Å². The number of rotatable bonds is 4. The molecule has 0 saturated heterocycles. The molecule has 3 nitrogen and oxygen atoms in total. The van der Waals surface area contributed by atoms with E-state index in [-0.39, 0.29) is 17.5 Å². The smallest absolute Gasteiger partial charge is 0.508 e. The van der Waals surface area contributed by atoms with Crippen molar-refractivity contribution in [3.8, 4) is 11.5 Å². The molecule has 2 aromatic rings. The van der Waals surface area contributed by atoms with Gasteiger partial charge in [0.05, 0.1) is 0 Å². The Bertz CT molecular complexity index is 597. The van der Waals surface area contributed by atoms with Crippen molar-refractivity contribution in [1.29, 1.82) is 0 Å². The summed E-state index contributed by atoms with van der Waals surface area (Å²) in [5.41, 5.74) is 1.52. The predicted octanol–water partition coefficient (Wildman–Crippen LogP) is 4.46. The molecule has 0 heterocycles. The van der Waals surface area contributed by atoms with E-state index in [4.69, 9.17) is 0 Å². The molecule has 0 fully saturated rings. The first-order valence-corrected chi connectivity index (χ1v) is 6.25. The van der Waals surface area contributed by atoms with Gasteiger partial charge in [-0.15, -0.1) is 13.2 Å². The fraction of sp³-hybridized carbons (Fsp3) is 0.200. The molecule has 0 spiro atoms. The lowest BCUT2D eigenvalue weighted by Crippen LogP contribution is -2.17. The highest BCUT2D eigenvalue weighted by molar-refractivity contribution is 5.49. The van der Waals surface area contributed by atoms with E-state index in [1.54, 1.807) is 36.4 Å². The maximum absolute atomic E-state index is 12.1. The second-order valence-corrected chi connectivity index (χ2v) is 4.53. The van der Waals surface area contributed by atoms with Gasteiger partial charge in [0.1, 0.15) is 11.5 Å². The molecule has 0 aliphatic carbocycles. The number of hydrogen-bond donors (Lipinski definition) is 2. The zero-order valence-electron chi connectivity index (χ0n) is 11.2. The summed E-state index contributed by atoms with van der Waals surface area (Å²) in [5.74, 6) is -0.114. The third kappa shape index (κ3) is 4.59. The number of alkyl halides is 3.